The third-order valence-corrected chi connectivity index (χ3v) is 10.6. The summed E-state index contributed by atoms with van der Waals surface area (Å²) in [5.41, 5.74) is -4.15. The number of aliphatic carboxylic acids is 1. The number of hydrogen-bond donors (Lipinski definition) is 13. The largest absolute Gasteiger partial charge is 0.504 e. The second-order valence-corrected chi connectivity index (χ2v) is 14.9. The second-order valence-electron chi connectivity index (χ2n) is 14.9. The molecular formula is C41H32O27. The first-order chi connectivity index (χ1) is 32.0. The number of hydrogen-bond acceptors (Lipinski definition) is 26. The van der Waals surface area contributed by atoms with E-state index in [0.29, 0.717) is 42.5 Å². The van der Waals surface area contributed by atoms with E-state index in [0.717, 1.165) is 0 Å². The molecule has 3 heterocycles. The van der Waals surface area contributed by atoms with Crippen molar-refractivity contribution in [2.45, 2.75) is 49.1 Å². The number of carbonyl (C=O) groups excluding carboxylic acids is 6. The van der Waals surface area contributed by atoms with E-state index in [1.165, 1.54) is 0 Å². The Hall–Kier alpha value is -9.11. The predicted octanol–water partition coefficient (Wildman–Crippen LogP) is 0.0179. The minimum atomic E-state index is -2.57. The first-order valence-electron chi connectivity index (χ1n) is 19.1. The average molecular weight is 957 g/mol. The summed E-state index contributed by atoms with van der Waals surface area (Å²) in [6.45, 7) is -1.28. The molecule has 1 saturated heterocycles. The van der Waals surface area contributed by atoms with Crippen LogP contribution in [0.15, 0.2) is 42.5 Å². The fraction of sp³-hybridized carbons (Fsp3) is 0.244. The number of phenolic OH excluding ortho intramolecular Hbond substituents is 11. The molecule has 3 aliphatic heterocycles. The first kappa shape index (κ1) is 46.9. The van der Waals surface area contributed by atoms with Gasteiger partial charge in [-0.05, 0) is 42.5 Å². The van der Waals surface area contributed by atoms with E-state index in [-0.39, 0.29) is 0 Å². The minimum Gasteiger partial charge on any atom is -0.504 e. The average Bonchev–Trinajstić information content (AvgIpc) is 3.28. The normalized spacial score (nSPS) is 23.0. The molecule has 358 valence electrons. The van der Waals surface area contributed by atoms with Crippen LogP contribution in [-0.4, -0.2) is 152 Å². The molecule has 13 N–H and O–H groups in total. The third kappa shape index (κ3) is 8.58. The van der Waals surface area contributed by atoms with Crippen LogP contribution in [0.1, 0.15) is 59.3 Å². The zero-order valence-corrected chi connectivity index (χ0v) is 33.6. The van der Waals surface area contributed by atoms with Gasteiger partial charge in [-0.3, -0.25) is 9.59 Å². The fourth-order valence-corrected chi connectivity index (χ4v) is 7.37. The van der Waals surface area contributed by atoms with Crippen molar-refractivity contribution in [2.75, 3.05) is 6.61 Å². The molecule has 4 aromatic rings. The van der Waals surface area contributed by atoms with Gasteiger partial charge < -0.3 is 99.5 Å². The Bertz CT molecular complexity index is 2750. The van der Waals surface area contributed by atoms with Crippen LogP contribution in [0.3, 0.4) is 0 Å². The van der Waals surface area contributed by atoms with Crippen molar-refractivity contribution in [3.63, 3.8) is 0 Å². The number of aromatic hydroxyl groups is 11. The molecule has 0 radical (unpaired) electrons. The fourth-order valence-electron chi connectivity index (χ4n) is 7.37. The van der Waals surface area contributed by atoms with Gasteiger partial charge in [0.2, 0.25) is 18.1 Å². The van der Waals surface area contributed by atoms with Crippen LogP contribution in [0.25, 0.3) is 0 Å². The van der Waals surface area contributed by atoms with Crippen molar-refractivity contribution in [3.8, 4) is 69.0 Å². The van der Waals surface area contributed by atoms with Crippen molar-refractivity contribution < 1.29 is 133 Å². The van der Waals surface area contributed by atoms with E-state index in [1.54, 1.807) is 0 Å². The molecule has 3 aliphatic rings. The maximum atomic E-state index is 14.5. The number of carboxylic acids is 1. The maximum Gasteiger partial charge on any atom is 0.341 e. The van der Waals surface area contributed by atoms with Gasteiger partial charge in [-0.2, -0.15) is 0 Å². The third-order valence-electron chi connectivity index (χ3n) is 10.6. The molecule has 68 heavy (non-hydrogen) atoms. The maximum absolute atomic E-state index is 14.5. The Labute approximate surface area is 375 Å². The Morgan fingerprint density at radius 2 is 1.04 bits per heavy atom. The molecule has 27 nitrogen and oxygen atoms in total. The van der Waals surface area contributed by atoms with E-state index < -0.39 is 200 Å². The standard InChI is InChI=1S/C41H32O27/c42-15-1-10(2-16(43)26(15)51)35(56)62-9-22-31-33(66-36(57)11-3-17(44)27(52)18(45)4-11)34(41(63-22)68-37(58)12-5-19(46)28(53)20(47)6-12)67-38(59)13-7-21(48)29(54)32-25(13)24(30(55)40(61)65-32)14(8-23(49)50)39(60)64-31/h1-7,14,22,24,30-31,33-34,41-48,51-55H,8-9H2,(H,49,50)/t14-,22?,24?,30-,31?,33?,34?,41?/m0/s1. The summed E-state index contributed by atoms with van der Waals surface area (Å²) in [5.74, 6) is -29.8. The topological polar surface area (TPSA) is 447 Å². The van der Waals surface area contributed by atoms with Crippen molar-refractivity contribution >= 4 is 41.8 Å². The number of aliphatic hydroxyl groups excluding tert-OH is 1. The van der Waals surface area contributed by atoms with Crippen LogP contribution in [0.4, 0.5) is 0 Å². The van der Waals surface area contributed by atoms with Gasteiger partial charge in [0.25, 0.3) is 0 Å². The molecule has 27 heteroatoms. The van der Waals surface area contributed by atoms with Gasteiger partial charge >= 0.3 is 41.8 Å². The molecule has 2 bridgehead atoms. The summed E-state index contributed by atoms with van der Waals surface area (Å²) in [6, 6.07) is 3.84. The number of rotatable bonds is 9. The van der Waals surface area contributed by atoms with Crippen LogP contribution in [0, 0.1) is 5.92 Å². The van der Waals surface area contributed by atoms with Gasteiger partial charge in [0.15, 0.2) is 81.6 Å². The van der Waals surface area contributed by atoms with Crippen LogP contribution in [-0.2, 0) is 42.8 Å². The van der Waals surface area contributed by atoms with Gasteiger partial charge in [-0.1, -0.05) is 0 Å². The molecular weight excluding hydrogens is 924 g/mol. The lowest BCUT2D eigenvalue weighted by atomic mass is 9.76. The van der Waals surface area contributed by atoms with Gasteiger partial charge in [-0.25, -0.2) is 24.0 Å². The zero-order valence-electron chi connectivity index (χ0n) is 33.6. The highest BCUT2D eigenvalue weighted by Gasteiger charge is 2.57. The van der Waals surface area contributed by atoms with Crippen LogP contribution < -0.4 is 4.74 Å². The SMILES string of the molecule is O=C(O)C[C@@H]1C(=O)OC2C(COC(=O)c3cc(O)c(O)c(O)c3)OC(OC(=O)c3cc(O)c(O)c(O)c3)C(OC(=O)c3cc(O)c(O)c4c3C1[C@H](O)C(=O)O4)C2OC(=O)c1cc(O)c(O)c(O)c1. The quantitative estimate of drug-likeness (QED) is 0.0455. The predicted molar refractivity (Wildman–Crippen MR) is 207 cm³/mol. The van der Waals surface area contributed by atoms with Crippen molar-refractivity contribution in [2.24, 2.45) is 5.92 Å². The number of ether oxygens (including phenoxy) is 7. The van der Waals surface area contributed by atoms with E-state index in [9.17, 15) is 99.9 Å². The molecule has 1 fully saturated rings. The number of phenols is 11. The van der Waals surface area contributed by atoms with Crippen molar-refractivity contribution in [1.82, 2.24) is 0 Å². The first-order valence-corrected chi connectivity index (χ1v) is 19.1. The van der Waals surface area contributed by atoms with E-state index in [4.69, 9.17) is 33.2 Å². The lowest BCUT2D eigenvalue weighted by molar-refractivity contribution is -0.287. The molecule has 0 saturated carbocycles. The summed E-state index contributed by atoms with van der Waals surface area (Å²) in [4.78, 5) is 95.4. The summed E-state index contributed by atoms with van der Waals surface area (Å²) in [7, 11) is 0. The van der Waals surface area contributed by atoms with E-state index >= 15 is 0 Å². The number of aliphatic hydroxyl groups is 1. The summed E-state index contributed by atoms with van der Waals surface area (Å²) < 4.78 is 38.6. The Kier molecular flexibility index (Phi) is 12.2. The summed E-state index contributed by atoms with van der Waals surface area (Å²) >= 11 is 0. The second kappa shape index (κ2) is 17.7. The van der Waals surface area contributed by atoms with Gasteiger partial charge in [0, 0.05) is 11.5 Å². The Morgan fingerprint density at radius 1 is 0.574 bits per heavy atom. The highest BCUT2D eigenvalue weighted by Crippen LogP contribution is 2.51. The smallest absolute Gasteiger partial charge is 0.341 e. The lowest BCUT2D eigenvalue weighted by Gasteiger charge is -2.44. The molecule has 0 amide bonds. The Balaban J connectivity index is 1.44. The van der Waals surface area contributed by atoms with Crippen molar-refractivity contribution in [3.05, 3.63) is 70.3 Å². The number of carbonyl (C=O) groups is 7. The number of esters is 6. The lowest BCUT2D eigenvalue weighted by Crippen LogP contribution is -2.63. The van der Waals surface area contributed by atoms with Gasteiger partial charge in [0.05, 0.1) is 34.6 Å². The van der Waals surface area contributed by atoms with Gasteiger partial charge in [0.1, 0.15) is 12.7 Å². The molecule has 0 aliphatic carbocycles. The van der Waals surface area contributed by atoms with Gasteiger partial charge in [-0.15, -0.1) is 0 Å². The molecule has 8 atom stereocenters. The Morgan fingerprint density at radius 3 is 1.54 bits per heavy atom. The number of fused-ring (bicyclic) bond motifs is 2. The van der Waals surface area contributed by atoms with E-state index in [2.05, 4.69) is 0 Å². The van der Waals surface area contributed by atoms with Crippen LogP contribution >= 0.6 is 0 Å². The molecule has 6 unspecified atom stereocenters. The molecule has 7 rings (SSSR count). The monoisotopic (exact) mass is 956 g/mol. The summed E-state index contributed by atoms with van der Waals surface area (Å²) in [5, 5.41) is 133. The summed E-state index contributed by atoms with van der Waals surface area (Å²) in [6.07, 6.45) is -16.3. The van der Waals surface area contributed by atoms with Crippen molar-refractivity contribution in [1.29, 1.82) is 0 Å². The molecule has 4 aromatic carbocycles. The number of carboxylic acid groups (broad SMARTS) is 1. The van der Waals surface area contributed by atoms with Crippen LogP contribution in [0.2, 0.25) is 0 Å². The van der Waals surface area contributed by atoms with E-state index in [1.807, 2.05) is 0 Å². The molecule has 0 aromatic heterocycles. The zero-order chi connectivity index (χ0) is 49.8. The molecule has 0 spiro atoms. The highest BCUT2D eigenvalue weighted by atomic mass is 16.7. The minimum absolute atomic E-state index is 0.449. The highest BCUT2D eigenvalue weighted by molar-refractivity contribution is 5.98. The number of benzene rings is 4. The van der Waals surface area contributed by atoms with Crippen LogP contribution in [0.5, 0.6) is 69.0 Å².